The van der Waals surface area contributed by atoms with Crippen molar-refractivity contribution >= 4 is 37.1 Å². The molecular formula is C18H21N3O6S2. The van der Waals surface area contributed by atoms with Crippen molar-refractivity contribution in [1.29, 1.82) is 0 Å². The average Bonchev–Trinajstić information content (AvgIpc) is 2.67. The summed E-state index contributed by atoms with van der Waals surface area (Å²) in [6.45, 7) is 2.13. The lowest BCUT2D eigenvalue weighted by atomic mass is 10.0. The zero-order valence-corrected chi connectivity index (χ0v) is 17.4. The number of nitro benzene ring substituents is 1. The smallest absolute Gasteiger partial charge is 0.270 e. The van der Waals surface area contributed by atoms with Crippen LogP contribution in [0.25, 0.3) is 0 Å². The van der Waals surface area contributed by atoms with E-state index >= 15 is 0 Å². The van der Waals surface area contributed by atoms with Crippen LogP contribution in [-0.4, -0.2) is 34.1 Å². The monoisotopic (exact) mass is 439 g/mol. The molecule has 1 aliphatic heterocycles. The van der Waals surface area contributed by atoms with Gasteiger partial charge in [0, 0.05) is 18.7 Å². The van der Waals surface area contributed by atoms with E-state index in [0.717, 1.165) is 11.6 Å². The van der Waals surface area contributed by atoms with E-state index in [0.29, 0.717) is 31.5 Å². The molecule has 1 N–H and O–H groups in total. The molecule has 1 heterocycles. The zero-order valence-electron chi connectivity index (χ0n) is 15.7. The molecule has 0 saturated carbocycles. The second-order valence-electron chi connectivity index (χ2n) is 6.70. The number of rotatable bonds is 7. The van der Waals surface area contributed by atoms with E-state index < -0.39 is 25.0 Å². The quantitative estimate of drug-likeness (QED) is 0.522. The Morgan fingerprint density at radius 3 is 2.59 bits per heavy atom. The minimum absolute atomic E-state index is 0.01000. The number of benzene rings is 2. The van der Waals surface area contributed by atoms with Crippen molar-refractivity contribution in [2.45, 2.75) is 31.1 Å². The molecule has 29 heavy (non-hydrogen) atoms. The molecule has 1 aliphatic rings. The van der Waals surface area contributed by atoms with Gasteiger partial charge in [-0.25, -0.2) is 16.8 Å². The van der Waals surface area contributed by atoms with Gasteiger partial charge in [0.25, 0.3) is 15.7 Å². The number of hydrogen-bond acceptors (Lipinski definition) is 6. The normalized spacial score (nSPS) is 14.3. The van der Waals surface area contributed by atoms with Crippen molar-refractivity contribution in [3.63, 3.8) is 0 Å². The van der Waals surface area contributed by atoms with Gasteiger partial charge in [-0.3, -0.25) is 19.1 Å². The summed E-state index contributed by atoms with van der Waals surface area (Å²) in [5, 5.41) is 10.9. The maximum Gasteiger partial charge on any atom is 0.270 e. The number of sulfonamides is 2. The molecule has 0 unspecified atom stereocenters. The number of hydrogen-bond donors (Lipinski definition) is 1. The number of fused-ring (bicyclic) bond motifs is 1. The van der Waals surface area contributed by atoms with Crippen LogP contribution in [-0.2, 0) is 26.5 Å². The van der Waals surface area contributed by atoms with Gasteiger partial charge in [0.15, 0.2) is 0 Å². The third-order valence-corrected chi connectivity index (χ3v) is 7.90. The first kappa shape index (κ1) is 21.1. The van der Waals surface area contributed by atoms with Gasteiger partial charge < -0.3 is 0 Å². The van der Waals surface area contributed by atoms with Crippen LogP contribution in [0, 0.1) is 10.1 Å². The Morgan fingerprint density at radius 2 is 1.90 bits per heavy atom. The first-order valence-electron chi connectivity index (χ1n) is 9.04. The van der Waals surface area contributed by atoms with E-state index in [9.17, 15) is 26.9 Å². The first-order valence-corrected chi connectivity index (χ1v) is 12.1. The highest BCUT2D eigenvalue weighted by Crippen LogP contribution is 2.33. The molecule has 0 bridgehead atoms. The second kappa shape index (κ2) is 7.99. The van der Waals surface area contributed by atoms with Crippen LogP contribution in [0.4, 0.5) is 17.1 Å². The Kier molecular flexibility index (Phi) is 5.80. The Bertz CT molecular complexity index is 1150. The lowest BCUT2D eigenvalue weighted by molar-refractivity contribution is -0.385. The van der Waals surface area contributed by atoms with E-state index in [1.165, 1.54) is 28.6 Å². The molecule has 0 radical (unpaired) electrons. The highest BCUT2D eigenvalue weighted by molar-refractivity contribution is 7.93. The molecule has 0 saturated heterocycles. The molecule has 2 aromatic carbocycles. The number of nitrogens with one attached hydrogen (secondary N) is 1. The molecule has 9 nitrogen and oxygen atoms in total. The van der Waals surface area contributed by atoms with E-state index in [-0.39, 0.29) is 22.0 Å². The molecule has 156 valence electrons. The van der Waals surface area contributed by atoms with Gasteiger partial charge in [0.2, 0.25) is 10.0 Å². The molecular weight excluding hydrogens is 418 g/mol. The molecule has 11 heteroatoms. The van der Waals surface area contributed by atoms with Crippen molar-refractivity contribution in [2.24, 2.45) is 0 Å². The van der Waals surface area contributed by atoms with Crippen LogP contribution in [0.5, 0.6) is 0 Å². The van der Waals surface area contributed by atoms with Crippen LogP contribution in [0.2, 0.25) is 0 Å². The summed E-state index contributed by atoms with van der Waals surface area (Å²) in [4.78, 5) is 9.99. The lowest BCUT2D eigenvalue weighted by Crippen LogP contribution is -2.37. The van der Waals surface area contributed by atoms with Crippen LogP contribution < -0.4 is 9.03 Å². The number of nitrogens with zero attached hydrogens (tertiary/aromatic N) is 2. The summed E-state index contributed by atoms with van der Waals surface area (Å²) in [7, 11) is -7.57. The maximum atomic E-state index is 12.7. The standard InChI is InChI=1S/C18H21N3O6S2/c1-2-11-28(24,25)20-10-4-5-14-8-9-15(12-18(14)20)19-29(26,27)17-7-3-6-16(13-17)21(22)23/h3,6-9,12-13,19H,2,4-5,10-11H2,1H3. The maximum absolute atomic E-state index is 12.7. The number of aryl methyl sites for hydroxylation is 1. The zero-order chi connectivity index (χ0) is 21.2. The summed E-state index contributed by atoms with van der Waals surface area (Å²) >= 11 is 0. The van der Waals surface area contributed by atoms with Crippen LogP contribution in [0.1, 0.15) is 25.3 Å². The van der Waals surface area contributed by atoms with E-state index in [1.54, 1.807) is 19.1 Å². The van der Waals surface area contributed by atoms with Gasteiger partial charge in [-0.05, 0) is 43.0 Å². The number of anilines is 2. The van der Waals surface area contributed by atoms with Gasteiger partial charge in [0.05, 0.1) is 26.9 Å². The fourth-order valence-corrected chi connectivity index (χ4v) is 5.94. The third kappa shape index (κ3) is 4.51. The van der Waals surface area contributed by atoms with Gasteiger partial charge in [-0.1, -0.05) is 19.1 Å². The Balaban J connectivity index is 1.95. The highest BCUT2D eigenvalue weighted by atomic mass is 32.2. The first-order chi connectivity index (χ1) is 13.6. The molecule has 0 atom stereocenters. The largest absolute Gasteiger partial charge is 0.280 e. The Labute approximate surface area is 169 Å². The topological polar surface area (TPSA) is 127 Å². The minimum Gasteiger partial charge on any atom is -0.280 e. The van der Waals surface area contributed by atoms with E-state index in [2.05, 4.69) is 4.72 Å². The van der Waals surface area contributed by atoms with Gasteiger partial charge in [-0.15, -0.1) is 0 Å². The van der Waals surface area contributed by atoms with Crippen LogP contribution >= 0.6 is 0 Å². The highest BCUT2D eigenvalue weighted by Gasteiger charge is 2.27. The minimum atomic E-state index is -4.08. The molecule has 2 aromatic rings. The SMILES string of the molecule is CCCS(=O)(=O)N1CCCc2ccc(NS(=O)(=O)c3cccc([N+](=O)[O-])c3)cc21. The number of nitro groups is 1. The summed E-state index contributed by atoms with van der Waals surface area (Å²) in [6.07, 6.45) is 1.87. The van der Waals surface area contributed by atoms with Gasteiger partial charge >= 0.3 is 0 Å². The summed E-state index contributed by atoms with van der Waals surface area (Å²) < 4.78 is 54.2. The Morgan fingerprint density at radius 1 is 1.14 bits per heavy atom. The second-order valence-corrected chi connectivity index (χ2v) is 10.4. The van der Waals surface area contributed by atoms with Crippen molar-refractivity contribution in [2.75, 3.05) is 21.3 Å². The summed E-state index contributed by atoms with van der Waals surface area (Å²) in [5.41, 5.74) is 1.14. The molecule has 0 amide bonds. The van der Waals surface area contributed by atoms with Gasteiger partial charge in [-0.2, -0.15) is 0 Å². The summed E-state index contributed by atoms with van der Waals surface area (Å²) in [5.74, 6) is 0.01000. The third-order valence-electron chi connectivity index (χ3n) is 4.55. The molecule has 0 aliphatic carbocycles. The van der Waals surface area contributed by atoms with Crippen molar-refractivity contribution in [3.8, 4) is 0 Å². The van der Waals surface area contributed by atoms with E-state index in [1.807, 2.05) is 0 Å². The molecule has 0 aromatic heterocycles. The fraction of sp³-hybridized carbons (Fsp3) is 0.333. The predicted molar refractivity (Wildman–Crippen MR) is 110 cm³/mol. The Hall–Kier alpha value is -2.66. The fourth-order valence-electron chi connectivity index (χ4n) is 3.24. The average molecular weight is 440 g/mol. The van der Waals surface area contributed by atoms with Gasteiger partial charge in [0.1, 0.15) is 0 Å². The van der Waals surface area contributed by atoms with Crippen molar-refractivity contribution in [1.82, 2.24) is 0 Å². The predicted octanol–water partition coefficient (Wildman–Crippen LogP) is 2.89. The van der Waals surface area contributed by atoms with Crippen LogP contribution in [0.3, 0.4) is 0 Å². The molecule has 0 fully saturated rings. The molecule has 0 spiro atoms. The van der Waals surface area contributed by atoms with Crippen molar-refractivity contribution < 1.29 is 21.8 Å². The van der Waals surface area contributed by atoms with Crippen LogP contribution in [0.15, 0.2) is 47.4 Å². The van der Waals surface area contributed by atoms with Crippen molar-refractivity contribution in [3.05, 3.63) is 58.1 Å². The molecule has 3 rings (SSSR count). The number of non-ortho nitro benzene ring substituents is 1. The summed E-state index contributed by atoms with van der Waals surface area (Å²) in [6, 6.07) is 9.48. The lowest BCUT2D eigenvalue weighted by Gasteiger charge is -2.31. The van der Waals surface area contributed by atoms with E-state index in [4.69, 9.17) is 0 Å².